The minimum atomic E-state index is -0.667. The maximum atomic E-state index is 13.8. The molecule has 1 atom stereocenters. The Morgan fingerprint density at radius 1 is 1.00 bits per heavy atom. The van der Waals surface area contributed by atoms with Crippen molar-refractivity contribution in [3.63, 3.8) is 0 Å². The highest BCUT2D eigenvalue weighted by Crippen LogP contribution is 2.26. The molecule has 1 N–H and O–H groups in total. The van der Waals surface area contributed by atoms with Crippen LogP contribution in [0.2, 0.25) is 0 Å². The lowest BCUT2D eigenvalue weighted by Crippen LogP contribution is -2.35. The minimum absolute atomic E-state index is 0.00450. The van der Waals surface area contributed by atoms with Crippen LogP contribution in [0.15, 0.2) is 54.6 Å². The molecule has 0 bridgehead atoms. The molecule has 0 aromatic heterocycles. The molecule has 0 spiro atoms. The van der Waals surface area contributed by atoms with Crippen LogP contribution in [0, 0.1) is 5.82 Å². The van der Waals surface area contributed by atoms with Gasteiger partial charge in [-0.25, -0.2) is 9.29 Å². The Hall–Kier alpha value is -2.69. The van der Waals surface area contributed by atoms with Gasteiger partial charge < -0.3 is 5.32 Å². The smallest absolute Gasteiger partial charge is 0.256 e. The van der Waals surface area contributed by atoms with Crippen LogP contribution in [0.25, 0.3) is 0 Å². The third-order valence-electron chi connectivity index (χ3n) is 3.35. The molecule has 1 aliphatic heterocycles. The topological polar surface area (TPSA) is 49.4 Å². The quantitative estimate of drug-likeness (QED) is 0.881. The summed E-state index contributed by atoms with van der Waals surface area (Å²) < 4.78 is 13.8. The van der Waals surface area contributed by atoms with E-state index in [4.69, 9.17) is 0 Å². The van der Waals surface area contributed by atoms with Crippen LogP contribution in [0.1, 0.15) is 6.42 Å². The van der Waals surface area contributed by atoms with Gasteiger partial charge in [-0.1, -0.05) is 30.3 Å². The summed E-state index contributed by atoms with van der Waals surface area (Å²) in [6.07, 6.45) is 0.0159. The summed E-state index contributed by atoms with van der Waals surface area (Å²) in [5, 5.41) is 3.01. The van der Waals surface area contributed by atoms with Crippen LogP contribution >= 0.6 is 0 Å². The summed E-state index contributed by atoms with van der Waals surface area (Å²) >= 11 is 0. The molecular formula is C16H13FN2O2. The zero-order chi connectivity index (χ0) is 14.8. The molecule has 2 aromatic carbocycles. The lowest BCUT2D eigenvalue weighted by Gasteiger charge is -2.16. The van der Waals surface area contributed by atoms with Crippen molar-refractivity contribution >= 4 is 23.2 Å². The number of nitrogens with one attached hydrogen (secondary N) is 1. The Kier molecular flexibility index (Phi) is 3.39. The number of rotatable bonds is 3. The number of benzene rings is 2. The molecule has 0 aliphatic carbocycles. The van der Waals surface area contributed by atoms with Gasteiger partial charge in [0.1, 0.15) is 11.9 Å². The minimum Gasteiger partial charge on any atom is -0.373 e. The molecule has 1 saturated heterocycles. The Morgan fingerprint density at radius 2 is 1.67 bits per heavy atom. The fraction of sp³-hybridized carbons (Fsp3) is 0.125. The summed E-state index contributed by atoms with van der Waals surface area (Å²) in [6.45, 7) is 0. The van der Waals surface area contributed by atoms with Gasteiger partial charge in [0, 0.05) is 5.69 Å². The average molecular weight is 284 g/mol. The number of imide groups is 1. The van der Waals surface area contributed by atoms with Crippen LogP contribution in [-0.4, -0.2) is 17.9 Å². The largest absolute Gasteiger partial charge is 0.373 e. The summed E-state index contributed by atoms with van der Waals surface area (Å²) in [5.74, 6) is -1.42. The Labute approximate surface area is 121 Å². The third kappa shape index (κ3) is 2.50. The lowest BCUT2D eigenvalue weighted by atomic mass is 10.2. The van der Waals surface area contributed by atoms with Gasteiger partial charge in [-0.15, -0.1) is 0 Å². The Balaban J connectivity index is 1.84. The fourth-order valence-corrected chi connectivity index (χ4v) is 2.37. The second-order valence-electron chi connectivity index (χ2n) is 4.79. The Morgan fingerprint density at radius 3 is 2.38 bits per heavy atom. The lowest BCUT2D eigenvalue weighted by molar-refractivity contribution is -0.121. The van der Waals surface area contributed by atoms with Crippen molar-refractivity contribution in [1.82, 2.24) is 0 Å². The maximum Gasteiger partial charge on any atom is 0.256 e. The molecule has 2 amide bonds. The predicted molar refractivity (Wildman–Crippen MR) is 77.4 cm³/mol. The predicted octanol–water partition coefficient (Wildman–Crippen LogP) is 2.57. The summed E-state index contributed by atoms with van der Waals surface area (Å²) in [7, 11) is 0. The van der Waals surface area contributed by atoms with E-state index in [0.717, 1.165) is 10.6 Å². The van der Waals surface area contributed by atoms with Crippen molar-refractivity contribution in [2.75, 3.05) is 10.2 Å². The molecule has 0 unspecified atom stereocenters. The summed E-state index contributed by atoms with van der Waals surface area (Å²) in [5.41, 5.74) is 0.754. The van der Waals surface area contributed by atoms with Gasteiger partial charge in [-0.3, -0.25) is 9.59 Å². The number of carbonyl (C=O) groups is 2. The van der Waals surface area contributed by atoms with Crippen molar-refractivity contribution in [3.8, 4) is 0 Å². The molecular weight excluding hydrogens is 271 g/mol. The van der Waals surface area contributed by atoms with Gasteiger partial charge in [0.05, 0.1) is 12.1 Å². The number of amides is 2. The Bertz CT molecular complexity index is 688. The normalized spacial score (nSPS) is 18.1. The SMILES string of the molecule is O=C1C[C@@H](Nc2ccccc2)C(=O)N1c1ccccc1F. The second kappa shape index (κ2) is 5.36. The van der Waals surface area contributed by atoms with Crippen molar-refractivity contribution in [2.24, 2.45) is 0 Å². The van der Waals surface area contributed by atoms with E-state index in [1.807, 2.05) is 30.3 Å². The van der Waals surface area contributed by atoms with Crippen LogP contribution < -0.4 is 10.2 Å². The standard InChI is InChI=1S/C16H13FN2O2/c17-12-8-4-5-9-14(12)19-15(20)10-13(16(19)21)18-11-6-2-1-3-7-11/h1-9,13,18H,10H2/t13-/m1/s1. The van der Waals surface area contributed by atoms with E-state index < -0.39 is 23.7 Å². The highest BCUT2D eigenvalue weighted by Gasteiger charge is 2.40. The van der Waals surface area contributed by atoms with E-state index in [1.54, 1.807) is 6.07 Å². The molecule has 5 heteroatoms. The van der Waals surface area contributed by atoms with E-state index in [9.17, 15) is 14.0 Å². The van der Waals surface area contributed by atoms with Gasteiger partial charge in [-0.05, 0) is 24.3 Å². The maximum absolute atomic E-state index is 13.8. The zero-order valence-corrected chi connectivity index (χ0v) is 11.1. The van der Waals surface area contributed by atoms with E-state index >= 15 is 0 Å². The molecule has 1 heterocycles. The number of anilines is 2. The molecule has 2 aromatic rings. The van der Waals surface area contributed by atoms with Crippen molar-refractivity contribution < 1.29 is 14.0 Å². The highest BCUT2D eigenvalue weighted by atomic mass is 19.1. The first kappa shape index (κ1) is 13.3. The van der Waals surface area contributed by atoms with E-state index in [0.29, 0.717) is 0 Å². The van der Waals surface area contributed by atoms with Gasteiger partial charge in [0.2, 0.25) is 5.91 Å². The first-order chi connectivity index (χ1) is 10.2. The fourth-order valence-electron chi connectivity index (χ4n) is 2.37. The van der Waals surface area contributed by atoms with E-state index in [1.165, 1.54) is 18.2 Å². The summed E-state index contributed by atoms with van der Waals surface area (Å²) in [4.78, 5) is 25.3. The van der Waals surface area contributed by atoms with Gasteiger partial charge in [-0.2, -0.15) is 0 Å². The van der Waals surface area contributed by atoms with Crippen LogP contribution in [0.5, 0.6) is 0 Å². The molecule has 4 nitrogen and oxygen atoms in total. The first-order valence-electron chi connectivity index (χ1n) is 6.60. The zero-order valence-electron chi connectivity index (χ0n) is 11.1. The molecule has 0 radical (unpaired) electrons. The van der Waals surface area contributed by atoms with E-state index in [-0.39, 0.29) is 12.1 Å². The van der Waals surface area contributed by atoms with Crippen molar-refractivity contribution in [1.29, 1.82) is 0 Å². The highest BCUT2D eigenvalue weighted by molar-refractivity contribution is 6.23. The molecule has 106 valence electrons. The number of carbonyl (C=O) groups excluding carboxylic acids is 2. The molecule has 3 rings (SSSR count). The average Bonchev–Trinajstić information content (AvgIpc) is 2.76. The van der Waals surface area contributed by atoms with Crippen LogP contribution in [0.3, 0.4) is 0 Å². The van der Waals surface area contributed by atoms with Gasteiger partial charge in [0.15, 0.2) is 0 Å². The van der Waals surface area contributed by atoms with Gasteiger partial charge >= 0.3 is 0 Å². The molecule has 21 heavy (non-hydrogen) atoms. The number of nitrogens with zero attached hydrogens (tertiary/aromatic N) is 1. The van der Waals surface area contributed by atoms with Crippen molar-refractivity contribution in [2.45, 2.75) is 12.5 Å². The van der Waals surface area contributed by atoms with Gasteiger partial charge in [0.25, 0.3) is 5.91 Å². The number of hydrogen-bond acceptors (Lipinski definition) is 3. The van der Waals surface area contributed by atoms with Crippen LogP contribution in [0.4, 0.5) is 15.8 Å². The number of para-hydroxylation sites is 2. The molecule has 1 aliphatic rings. The summed E-state index contributed by atoms with van der Waals surface area (Å²) in [6, 6.07) is 14.2. The molecule has 1 fully saturated rings. The third-order valence-corrected chi connectivity index (χ3v) is 3.35. The van der Waals surface area contributed by atoms with Crippen LogP contribution in [-0.2, 0) is 9.59 Å². The second-order valence-corrected chi connectivity index (χ2v) is 4.79. The van der Waals surface area contributed by atoms with Crippen molar-refractivity contribution in [3.05, 3.63) is 60.4 Å². The number of hydrogen-bond donors (Lipinski definition) is 1. The number of halogens is 1. The monoisotopic (exact) mass is 284 g/mol. The molecule has 0 saturated carbocycles. The van der Waals surface area contributed by atoms with E-state index in [2.05, 4.69) is 5.32 Å². The first-order valence-corrected chi connectivity index (χ1v) is 6.60.